The molecule has 98 valence electrons. The predicted octanol–water partition coefficient (Wildman–Crippen LogP) is 0.681. The zero-order valence-corrected chi connectivity index (χ0v) is 11.1. The van der Waals surface area contributed by atoms with Crippen LogP contribution in [0.25, 0.3) is 0 Å². The van der Waals surface area contributed by atoms with Crippen LogP contribution in [0.15, 0.2) is 0 Å². The first-order valence-electron chi connectivity index (χ1n) is 6.83. The van der Waals surface area contributed by atoms with Crippen molar-refractivity contribution >= 4 is 5.91 Å². The maximum atomic E-state index is 11.5. The number of amides is 1. The van der Waals surface area contributed by atoms with Gasteiger partial charge in [0, 0.05) is 39.1 Å². The van der Waals surface area contributed by atoms with E-state index in [0.717, 1.165) is 19.0 Å². The molecule has 0 aromatic rings. The van der Waals surface area contributed by atoms with Gasteiger partial charge in [-0.25, -0.2) is 0 Å². The molecule has 1 amide bonds. The van der Waals surface area contributed by atoms with Crippen molar-refractivity contribution < 1.29 is 4.79 Å². The van der Waals surface area contributed by atoms with Crippen molar-refractivity contribution in [2.45, 2.75) is 44.2 Å². The summed E-state index contributed by atoms with van der Waals surface area (Å²) in [5.41, 5.74) is 0. The summed E-state index contributed by atoms with van der Waals surface area (Å²) in [5, 5.41) is 3.68. The van der Waals surface area contributed by atoms with E-state index >= 15 is 0 Å². The quantitative estimate of drug-likeness (QED) is 0.784. The van der Waals surface area contributed by atoms with E-state index in [1.54, 1.807) is 4.90 Å². The van der Waals surface area contributed by atoms with Gasteiger partial charge in [-0.15, -0.1) is 0 Å². The molecule has 2 saturated heterocycles. The Hall–Kier alpha value is -0.610. The minimum atomic E-state index is 0.250. The van der Waals surface area contributed by atoms with Crippen LogP contribution in [0.4, 0.5) is 0 Å². The van der Waals surface area contributed by atoms with Gasteiger partial charge < -0.3 is 15.1 Å². The largest absolute Gasteiger partial charge is 0.349 e. The van der Waals surface area contributed by atoms with E-state index in [2.05, 4.69) is 10.2 Å². The average Bonchev–Trinajstić information content (AvgIpc) is 2.61. The predicted molar refractivity (Wildman–Crippen MR) is 68.9 cm³/mol. The minimum Gasteiger partial charge on any atom is -0.349 e. The fourth-order valence-corrected chi connectivity index (χ4v) is 2.90. The molecule has 4 heteroatoms. The Morgan fingerprint density at radius 3 is 2.82 bits per heavy atom. The Bertz CT molecular complexity index is 267. The highest BCUT2D eigenvalue weighted by molar-refractivity contribution is 5.75. The second kappa shape index (κ2) is 5.83. The van der Waals surface area contributed by atoms with Crippen molar-refractivity contribution in [3.63, 3.8) is 0 Å². The first-order valence-corrected chi connectivity index (χ1v) is 6.83. The van der Waals surface area contributed by atoms with Crippen LogP contribution in [0.1, 0.15) is 32.1 Å². The number of hydrogen-bond donors (Lipinski definition) is 1. The SMILES string of the molecule is CN(C)C(=O)CCCN1CCC2CCC(C1)N2. The van der Waals surface area contributed by atoms with Crippen molar-refractivity contribution in [3.05, 3.63) is 0 Å². The van der Waals surface area contributed by atoms with Crippen LogP contribution in [0.5, 0.6) is 0 Å². The van der Waals surface area contributed by atoms with Crippen molar-refractivity contribution in [1.29, 1.82) is 0 Å². The van der Waals surface area contributed by atoms with E-state index in [1.807, 2.05) is 14.1 Å². The zero-order chi connectivity index (χ0) is 12.3. The lowest BCUT2D eigenvalue weighted by atomic mass is 10.1. The van der Waals surface area contributed by atoms with Gasteiger partial charge in [0.05, 0.1) is 0 Å². The van der Waals surface area contributed by atoms with Gasteiger partial charge in [-0.05, 0) is 38.8 Å². The molecule has 1 N–H and O–H groups in total. The summed E-state index contributed by atoms with van der Waals surface area (Å²) in [6.07, 6.45) is 5.65. The summed E-state index contributed by atoms with van der Waals surface area (Å²) in [5.74, 6) is 0.250. The van der Waals surface area contributed by atoms with E-state index in [0.29, 0.717) is 12.5 Å². The first-order chi connectivity index (χ1) is 8.15. The topological polar surface area (TPSA) is 35.6 Å². The normalized spacial score (nSPS) is 29.1. The fourth-order valence-electron chi connectivity index (χ4n) is 2.90. The van der Waals surface area contributed by atoms with Gasteiger partial charge in [0.1, 0.15) is 0 Å². The van der Waals surface area contributed by atoms with Crippen molar-refractivity contribution in [3.8, 4) is 0 Å². The molecule has 17 heavy (non-hydrogen) atoms. The summed E-state index contributed by atoms with van der Waals surface area (Å²) in [6, 6.07) is 1.46. The third-order valence-electron chi connectivity index (χ3n) is 3.97. The number of nitrogens with one attached hydrogen (secondary N) is 1. The molecule has 2 rings (SSSR count). The van der Waals surface area contributed by atoms with Gasteiger partial charge >= 0.3 is 0 Å². The summed E-state index contributed by atoms with van der Waals surface area (Å²) in [4.78, 5) is 15.7. The molecule has 2 atom stereocenters. The number of carbonyl (C=O) groups excluding carboxylic acids is 1. The lowest BCUT2D eigenvalue weighted by molar-refractivity contribution is -0.128. The van der Waals surface area contributed by atoms with Crippen LogP contribution in [0, 0.1) is 0 Å². The zero-order valence-electron chi connectivity index (χ0n) is 11.1. The fraction of sp³-hybridized carbons (Fsp3) is 0.923. The van der Waals surface area contributed by atoms with Crippen LogP contribution in [-0.4, -0.2) is 61.5 Å². The van der Waals surface area contributed by atoms with Crippen LogP contribution in [0.3, 0.4) is 0 Å². The number of fused-ring (bicyclic) bond motifs is 2. The second-order valence-corrected chi connectivity index (χ2v) is 5.62. The highest BCUT2D eigenvalue weighted by atomic mass is 16.2. The Balaban J connectivity index is 1.67. The summed E-state index contributed by atoms with van der Waals surface area (Å²) in [6.45, 7) is 3.45. The van der Waals surface area contributed by atoms with Gasteiger partial charge in [-0.1, -0.05) is 0 Å². The lowest BCUT2D eigenvalue weighted by Crippen LogP contribution is -2.36. The Morgan fingerprint density at radius 2 is 2.06 bits per heavy atom. The molecule has 2 fully saturated rings. The molecule has 2 bridgehead atoms. The number of likely N-dealkylation sites (tertiary alicyclic amines) is 1. The average molecular weight is 239 g/mol. The molecule has 0 aliphatic carbocycles. The molecule has 4 nitrogen and oxygen atoms in total. The van der Waals surface area contributed by atoms with E-state index in [4.69, 9.17) is 0 Å². The molecular weight excluding hydrogens is 214 g/mol. The van der Waals surface area contributed by atoms with Gasteiger partial charge in [-0.2, -0.15) is 0 Å². The Morgan fingerprint density at radius 1 is 1.29 bits per heavy atom. The molecule has 2 aliphatic rings. The van der Waals surface area contributed by atoms with E-state index in [9.17, 15) is 4.79 Å². The van der Waals surface area contributed by atoms with Gasteiger partial charge in [0.15, 0.2) is 0 Å². The number of nitrogens with zero attached hydrogens (tertiary/aromatic N) is 2. The number of carbonyl (C=O) groups is 1. The van der Waals surface area contributed by atoms with Crippen molar-refractivity contribution in [1.82, 2.24) is 15.1 Å². The molecular formula is C13H25N3O. The summed E-state index contributed by atoms with van der Waals surface area (Å²) < 4.78 is 0. The third-order valence-corrected chi connectivity index (χ3v) is 3.97. The smallest absolute Gasteiger partial charge is 0.222 e. The maximum absolute atomic E-state index is 11.5. The van der Waals surface area contributed by atoms with Crippen molar-refractivity contribution in [2.24, 2.45) is 0 Å². The maximum Gasteiger partial charge on any atom is 0.222 e. The first kappa shape index (κ1) is 12.8. The van der Waals surface area contributed by atoms with Gasteiger partial charge in [0.2, 0.25) is 5.91 Å². The van der Waals surface area contributed by atoms with E-state index < -0.39 is 0 Å². The Labute approximate surface area is 104 Å². The molecule has 0 radical (unpaired) electrons. The summed E-state index contributed by atoms with van der Waals surface area (Å²) >= 11 is 0. The van der Waals surface area contributed by atoms with Crippen molar-refractivity contribution in [2.75, 3.05) is 33.7 Å². The monoisotopic (exact) mass is 239 g/mol. The van der Waals surface area contributed by atoms with Crippen LogP contribution < -0.4 is 5.32 Å². The molecule has 2 aliphatic heterocycles. The number of rotatable bonds is 4. The van der Waals surface area contributed by atoms with Crippen LogP contribution in [0.2, 0.25) is 0 Å². The second-order valence-electron chi connectivity index (χ2n) is 5.62. The minimum absolute atomic E-state index is 0.250. The molecule has 0 aromatic heterocycles. The molecule has 0 aromatic carbocycles. The standard InChI is InChI=1S/C13H25N3O/c1-15(2)13(17)4-3-8-16-9-7-11-5-6-12(10-16)14-11/h11-12,14H,3-10H2,1-2H3. The lowest BCUT2D eigenvalue weighted by Gasteiger charge is -2.23. The molecule has 0 spiro atoms. The van der Waals surface area contributed by atoms with Crippen LogP contribution in [-0.2, 0) is 4.79 Å². The molecule has 2 heterocycles. The third kappa shape index (κ3) is 3.68. The number of hydrogen-bond acceptors (Lipinski definition) is 3. The highest BCUT2D eigenvalue weighted by Gasteiger charge is 2.28. The van der Waals surface area contributed by atoms with E-state index in [-0.39, 0.29) is 5.91 Å². The van der Waals surface area contributed by atoms with E-state index in [1.165, 1.54) is 32.4 Å². The van der Waals surface area contributed by atoms with Gasteiger partial charge in [-0.3, -0.25) is 4.79 Å². The molecule has 0 saturated carbocycles. The Kier molecular flexibility index (Phi) is 4.40. The summed E-state index contributed by atoms with van der Waals surface area (Å²) in [7, 11) is 3.66. The highest BCUT2D eigenvalue weighted by Crippen LogP contribution is 2.20. The van der Waals surface area contributed by atoms with Crippen LogP contribution >= 0.6 is 0 Å². The molecule has 2 unspecified atom stereocenters. The van der Waals surface area contributed by atoms with Gasteiger partial charge in [0.25, 0.3) is 0 Å².